The first-order chi connectivity index (χ1) is 22.0. The molecule has 18 heteroatoms. The summed E-state index contributed by atoms with van der Waals surface area (Å²) in [4.78, 5) is 56.1. The van der Waals surface area contributed by atoms with Crippen LogP contribution < -0.4 is 22.3 Å². The first-order valence-corrected chi connectivity index (χ1v) is 16.4. The molecule has 1 aromatic heterocycles. The number of hydrogen-bond donors (Lipinski definition) is 3. The molecule has 0 unspecified atom stereocenters. The van der Waals surface area contributed by atoms with E-state index in [2.05, 4.69) is 35.0 Å². The van der Waals surface area contributed by atoms with Crippen molar-refractivity contribution in [1.82, 2.24) is 25.5 Å². The Morgan fingerprint density at radius 3 is 1.74 bits per heavy atom. The maximum absolute atomic E-state index is 11.8. The van der Waals surface area contributed by atoms with Crippen molar-refractivity contribution in [3.8, 4) is 0 Å². The number of aromatic nitrogens is 3. The summed E-state index contributed by atoms with van der Waals surface area (Å²) in [6.45, 7) is 2.68. The predicted molar refractivity (Wildman–Crippen MR) is 179 cm³/mol. The Morgan fingerprint density at radius 2 is 1.28 bits per heavy atom. The lowest BCUT2D eigenvalue weighted by Crippen LogP contribution is -2.59. The molecule has 0 radical (unpaired) electrons. The summed E-state index contributed by atoms with van der Waals surface area (Å²) in [6.07, 6.45) is 14.7. The highest BCUT2D eigenvalue weighted by Crippen LogP contribution is 2.28. The molecule has 1 amide bonds. The van der Waals surface area contributed by atoms with E-state index in [1.807, 2.05) is 4.57 Å². The molecule has 260 valence electrons. The van der Waals surface area contributed by atoms with Gasteiger partial charge in [-0.25, -0.2) is 5.84 Å². The number of nitrogens with one attached hydrogen (secondary N) is 2. The van der Waals surface area contributed by atoms with Crippen molar-refractivity contribution in [3.63, 3.8) is 0 Å². The molecular formula is C29H48B2N6O9S. The van der Waals surface area contributed by atoms with E-state index in [1.54, 1.807) is 11.8 Å². The van der Waals surface area contributed by atoms with E-state index in [0.717, 1.165) is 51.4 Å². The fourth-order valence-corrected chi connectivity index (χ4v) is 6.14. The summed E-state index contributed by atoms with van der Waals surface area (Å²) < 4.78 is 23.0. The number of rotatable bonds is 5. The third-order valence-corrected chi connectivity index (χ3v) is 8.67. The molecule has 47 heavy (non-hydrogen) atoms. The normalized spacial score (nSPS) is 21.6. The van der Waals surface area contributed by atoms with Gasteiger partial charge in [0.15, 0.2) is 0 Å². The van der Waals surface area contributed by atoms with Crippen molar-refractivity contribution < 1.29 is 42.6 Å². The lowest BCUT2D eigenvalue weighted by Gasteiger charge is -2.35. The quantitative estimate of drug-likeness (QED) is 0.0778. The third-order valence-electron chi connectivity index (χ3n) is 8.19. The highest BCUT2D eigenvalue weighted by molar-refractivity contribution is 7.84. The van der Waals surface area contributed by atoms with Crippen LogP contribution in [0.15, 0.2) is 6.33 Å². The second-order valence-electron chi connectivity index (χ2n) is 11.9. The fourth-order valence-electron chi connectivity index (χ4n) is 5.88. The van der Waals surface area contributed by atoms with Gasteiger partial charge in [-0.05, 0) is 52.2 Å². The minimum atomic E-state index is -2.52. The van der Waals surface area contributed by atoms with Crippen molar-refractivity contribution in [2.45, 2.75) is 122 Å². The molecule has 1 aromatic rings. The minimum absolute atomic E-state index is 0. The molecule has 0 atom stereocenters. The molecule has 2 saturated heterocycles. The van der Waals surface area contributed by atoms with Crippen molar-refractivity contribution in [2.24, 2.45) is 5.84 Å². The standard InChI is InChI=1S/C14H20BN3O4.C13H20BNO4S.CH4N2O.CH4/c1-15(21-12(19)8-5-9-13(20)22-15)14-17-16-10-18(14)11-6-3-2-4-7-11;1-14(13(20)15-10-6-3-2-4-7-10)18-11(16)8-5-9-12(17)19-14;2-3-1-4;/h10-11H,1-9H2;10H,1-9H2,(H,15,20);1H,2H2,(H,3,4);1H4. The molecule has 0 aromatic carbocycles. The number of amides is 1. The maximum Gasteiger partial charge on any atom is 0.617 e. The van der Waals surface area contributed by atoms with Gasteiger partial charge < -0.3 is 28.5 Å². The monoisotopic (exact) mass is 678 g/mol. The zero-order valence-electron chi connectivity index (χ0n) is 26.2. The van der Waals surface area contributed by atoms with Gasteiger partial charge in [-0.3, -0.25) is 29.4 Å². The van der Waals surface area contributed by atoms with Gasteiger partial charge in [-0.2, -0.15) is 5.10 Å². The topological polar surface area (TPSA) is 203 Å². The van der Waals surface area contributed by atoms with Gasteiger partial charge in [-0.1, -0.05) is 58.2 Å². The lowest BCUT2D eigenvalue weighted by atomic mass is 9.58. The van der Waals surface area contributed by atoms with Crippen LogP contribution in [-0.4, -0.2) is 69.1 Å². The molecule has 5 rings (SSSR count). The summed E-state index contributed by atoms with van der Waals surface area (Å²) in [6, 6.07) is 0.488. The van der Waals surface area contributed by atoms with E-state index >= 15 is 0 Å². The second kappa shape index (κ2) is 19.1. The molecule has 0 spiro atoms. The molecule has 4 N–H and O–H groups in total. The van der Waals surface area contributed by atoms with Crippen molar-refractivity contribution in [1.29, 1.82) is 0 Å². The molecule has 2 aliphatic carbocycles. The highest BCUT2D eigenvalue weighted by atomic mass is 32.1. The Balaban J connectivity index is 0.000000289. The fraction of sp³-hybridized carbons (Fsp3) is 0.655. The first kappa shape index (κ1) is 39.4. The van der Waals surface area contributed by atoms with Gasteiger partial charge in [0.25, 0.3) is 23.9 Å². The lowest BCUT2D eigenvalue weighted by molar-refractivity contribution is -0.145. The van der Waals surface area contributed by atoms with E-state index < -0.39 is 37.0 Å². The average Bonchev–Trinajstić information content (AvgIpc) is 3.52. The van der Waals surface area contributed by atoms with Gasteiger partial charge in [0, 0.05) is 37.8 Å². The van der Waals surface area contributed by atoms with E-state index in [4.69, 9.17) is 35.6 Å². The number of hydrazine groups is 1. The molecule has 2 aliphatic heterocycles. The summed E-state index contributed by atoms with van der Waals surface area (Å²) in [5, 5.41) is 11.1. The van der Waals surface area contributed by atoms with Crippen LogP contribution in [0.4, 0.5) is 0 Å². The number of nitrogens with zero attached hydrogens (tertiary/aromatic N) is 3. The summed E-state index contributed by atoms with van der Waals surface area (Å²) in [5.74, 6) is 2.74. The average molecular weight is 678 g/mol. The van der Waals surface area contributed by atoms with Crippen LogP contribution >= 0.6 is 12.2 Å². The number of nitrogens with two attached hydrogens (primary N) is 1. The molecule has 15 nitrogen and oxygen atoms in total. The minimum Gasteiger partial charge on any atom is -0.611 e. The summed E-state index contributed by atoms with van der Waals surface area (Å²) >= 11 is 5.28. The molecule has 4 aliphatic rings. The van der Waals surface area contributed by atoms with Crippen LogP contribution in [0, 0.1) is 13.6 Å². The van der Waals surface area contributed by atoms with E-state index in [9.17, 15) is 19.2 Å². The van der Waals surface area contributed by atoms with Crippen LogP contribution in [0.3, 0.4) is 0 Å². The third kappa shape index (κ3) is 12.1. The second-order valence-corrected chi connectivity index (χ2v) is 12.4. The van der Waals surface area contributed by atoms with Crippen molar-refractivity contribution in [2.75, 3.05) is 0 Å². The SMILES string of the molecule is C.NNC=O.[CH2+][B-]1(C(=S)NC2CCCCC2)OC(=O)CCCC(=O)O1.[CH2+][B-]1(c2nncn2C2CCCCC2)OC(=O)CCCC(=O)O1. The van der Waals surface area contributed by atoms with Gasteiger partial charge >= 0.3 is 13.1 Å². The number of carbonyl (C=O) groups excluding carboxylic acids is 5. The number of carbonyl (C=O) groups is 5. The Kier molecular flexibility index (Phi) is 16.0. The Hall–Kier alpha value is -3.79. The smallest absolute Gasteiger partial charge is 0.611 e. The summed E-state index contributed by atoms with van der Waals surface area (Å²) in [7, 11) is 0. The van der Waals surface area contributed by atoms with Gasteiger partial charge in [0.05, 0.1) is 4.89 Å². The largest absolute Gasteiger partial charge is 0.617 e. The van der Waals surface area contributed by atoms with Crippen LogP contribution in [-0.2, 0) is 42.6 Å². The zero-order chi connectivity index (χ0) is 33.6. The Bertz CT molecular complexity index is 1190. The predicted octanol–water partition coefficient (Wildman–Crippen LogP) is 2.18. The highest BCUT2D eigenvalue weighted by Gasteiger charge is 2.48. The van der Waals surface area contributed by atoms with Crippen LogP contribution in [0.5, 0.6) is 0 Å². The summed E-state index contributed by atoms with van der Waals surface area (Å²) in [5.41, 5.74) is 2.09. The number of thiocarbonyl (C=S) groups is 1. The van der Waals surface area contributed by atoms with Crippen LogP contribution in [0.2, 0.25) is 0 Å². The van der Waals surface area contributed by atoms with E-state index in [1.165, 1.54) is 12.8 Å². The molecule has 0 bridgehead atoms. The molecular weight excluding hydrogens is 630 g/mol. The van der Waals surface area contributed by atoms with E-state index in [0.29, 0.717) is 25.0 Å². The van der Waals surface area contributed by atoms with Crippen molar-refractivity contribution >= 4 is 66.2 Å². The van der Waals surface area contributed by atoms with Crippen molar-refractivity contribution in [3.05, 3.63) is 20.0 Å². The van der Waals surface area contributed by atoms with Gasteiger partial charge in [0.2, 0.25) is 6.41 Å². The Morgan fingerprint density at radius 1 is 0.830 bits per heavy atom. The first-order valence-electron chi connectivity index (χ1n) is 16.0. The Labute approximate surface area is 282 Å². The molecule has 4 fully saturated rings. The van der Waals surface area contributed by atoms with Crippen LogP contribution in [0.25, 0.3) is 0 Å². The maximum atomic E-state index is 11.8. The van der Waals surface area contributed by atoms with Gasteiger partial charge in [-0.15, -0.1) is 5.10 Å². The molecule has 2 saturated carbocycles. The van der Waals surface area contributed by atoms with E-state index in [-0.39, 0.29) is 50.1 Å². The van der Waals surface area contributed by atoms with Gasteiger partial charge in [0.1, 0.15) is 12.1 Å². The van der Waals surface area contributed by atoms with Crippen LogP contribution in [0.1, 0.15) is 116 Å². The molecule has 3 heterocycles. The zero-order valence-corrected chi connectivity index (χ0v) is 27.0. The number of hydrogen-bond acceptors (Lipinski definition) is 13.